The fourth-order valence-corrected chi connectivity index (χ4v) is 1.45. The van der Waals surface area contributed by atoms with Crippen molar-refractivity contribution in [1.82, 2.24) is 15.2 Å². The van der Waals surface area contributed by atoms with Crippen LogP contribution in [0.25, 0.3) is 6.08 Å². The van der Waals surface area contributed by atoms with E-state index in [4.69, 9.17) is 0 Å². The summed E-state index contributed by atoms with van der Waals surface area (Å²) in [5, 5.41) is 10.0. The van der Waals surface area contributed by atoms with Gasteiger partial charge in [0.1, 0.15) is 0 Å². The van der Waals surface area contributed by atoms with Crippen molar-refractivity contribution in [3.05, 3.63) is 42.0 Å². The predicted molar refractivity (Wildman–Crippen MR) is 74.7 cm³/mol. The van der Waals surface area contributed by atoms with E-state index in [9.17, 15) is 0 Å². The van der Waals surface area contributed by atoms with Crippen molar-refractivity contribution >= 4 is 18.0 Å². The van der Waals surface area contributed by atoms with E-state index in [-0.39, 0.29) is 0 Å². The molecule has 1 aromatic carbocycles. The number of benzene rings is 1. The van der Waals surface area contributed by atoms with Crippen molar-refractivity contribution < 1.29 is 0 Å². The average Bonchev–Trinajstić information content (AvgIpc) is 2.85. The molecule has 0 aliphatic heterocycles. The summed E-state index contributed by atoms with van der Waals surface area (Å²) in [4.78, 5) is 6.12. The molecule has 2 N–H and O–H groups in total. The van der Waals surface area contributed by atoms with E-state index < -0.39 is 0 Å². The minimum atomic E-state index is 0.671. The van der Waals surface area contributed by atoms with Crippen LogP contribution in [-0.4, -0.2) is 35.8 Å². The van der Waals surface area contributed by atoms with Crippen LogP contribution in [0.4, 0.5) is 11.9 Å². The van der Waals surface area contributed by atoms with E-state index >= 15 is 0 Å². The van der Waals surface area contributed by atoms with Gasteiger partial charge in [-0.2, -0.15) is 4.98 Å². The highest BCUT2D eigenvalue weighted by molar-refractivity contribution is 5.49. The Hall–Kier alpha value is -2.30. The van der Waals surface area contributed by atoms with Crippen molar-refractivity contribution in [2.45, 2.75) is 0 Å². The summed E-state index contributed by atoms with van der Waals surface area (Å²) in [5.41, 5.74) is 1.19. The maximum atomic E-state index is 4.27. The summed E-state index contributed by atoms with van der Waals surface area (Å²) in [6.45, 7) is 0.705. The lowest BCUT2D eigenvalue weighted by atomic mass is 10.2. The molecule has 1 heterocycles. The van der Waals surface area contributed by atoms with Crippen LogP contribution in [0.2, 0.25) is 0 Å². The first-order chi connectivity index (χ1) is 8.75. The summed E-state index contributed by atoms with van der Waals surface area (Å²) in [5.74, 6) is 1.35. The molecule has 0 saturated carbocycles. The van der Waals surface area contributed by atoms with Crippen LogP contribution in [0, 0.1) is 0 Å². The number of nitrogens with one attached hydrogen (secondary N) is 2. The molecule has 0 spiro atoms. The van der Waals surface area contributed by atoms with E-state index in [0.717, 1.165) is 0 Å². The summed E-state index contributed by atoms with van der Waals surface area (Å²) in [6.07, 6.45) is 4.11. The molecular formula is C13H17N5. The maximum Gasteiger partial charge on any atom is 0.245 e. The third kappa shape index (κ3) is 3.35. The zero-order valence-electron chi connectivity index (χ0n) is 10.6. The molecule has 0 atom stereocenters. The lowest BCUT2D eigenvalue weighted by Crippen LogP contribution is -2.10. The molecule has 0 radical (unpaired) electrons. The van der Waals surface area contributed by atoms with Gasteiger partial charge in [-0.25, -0.2) is 5.10 Å². The van der Waals surface area contributed by atoms with E-state index in [1.165, 1.54) is 5.56 Å². The van der Waals surface area contributed by atoms with Gasteiger partial charge in [0.2, 0.25) is 11.9 Å². The third-order valence-electron chi connectivity index (χ3n) is 2.37. The van der Waals surface area contributed by atoms with Crippen LogP contribution in [0.1, 0.15) is 5.56 Å². The number of aromatic nitrogens is 3. The number of H-pyrrole nitrogens is 1. The van der Waals surface area contributed by atoms with Crippen LogP contribution in [0.15, 0.2) is 36.4 Å². The quantitative estimate of drug-likeness (QED) is 0.843. The lowest BCUT2D eigenvalue weighted by Gasteiger charge is -2.03. The van der Waals surface area contributed by atoms with Crippen LogP contribution in [0.3, 0.4) is 0 Å². The fraction of sp³-hybridized carbons (Fsp3) is 0.231. The molecule has 1 aromatic heterocycles. The Labute approximate surface area is 107 Å². The Kier molecular flexibility index (Phi) is 3.96. The molecule has 0 fully saturated rings. The summed E-state index contributed by atoms with van der Waals surface area (Å²) >= 11 is 0. The monoisotopic (exact) mass is 243 g/mol. The van der Waals surface area contributed by atoms with E-state index in [1.54, 1.807) is 0 Å². The van der Waals surface area contributed by atoms with Gasteiger partial charge in [0, 0.05) is 20.6 Å². The van der Waals surface area contributed by atoms with Gasteiger partial charge in [0.15, 0.2) is 0 Å². The van der Waals surface area contributed by atoms with Crippen molar-refractivity contribution in [3.8, 4) is 0 Å². The Morgan fingerprint density at radius 3 is 2.72 bits per heavy atom. The molecule has 18 heavy (non-hydrogen) atoms. The molecule has 0 aliphatic carbocycles. The predicted octanol–water partition coefficient (Wildman–Crippen LogP) is 2.00. The molecular weight excluding hydrogens is 226 g/mol. The first kappa shape index (κ1) is 12.2. The van der Waals surface area contributed by atoms with Crippen molar-refractivity contribution in [2.75, 3.05) is 30.9 Å². The third-order valence-corrected chi connectivity index (χ3v) is 2.37. The molecule has 5 heteroatoms. The molecule has 0 aliphatic rings. The average molecular weight is 243 g/mol. The van der Waals surface area contributed by atoms with E-state index in [0.29, 0.717) is 18.4 Å². The summed E-state index contributed by atoms with van der Waals surface area (Å²) < 4.78 is 0. The second-order valence-electron chi connectivity index (χ2n) is 4.07. The minimum Gasteiger partial charge on any atom is -0.351 e. The molecule has 2 rings (SSSR count). The highest BCUT2D eigenvalue weighted by atomic mass is 15.4. The molecule has 0 saturated heterocycles. The smallest absolute Gasteiger partial charge is 0.245 e. The molecule has 0 amide bonds. The lowest BCUT2D eigenvalue weighted by molar-refractivity contribution is 0.998. The number of rotatable bonds is 5. The van der Waals surface area contributed by atoms with E-state index in [2.05, 4.69) is 38.7 Å². The highest BCUT2D eigenvalue weighted by Gasteiger charge is 2.02. The second-order valence-corrected chi connectivity index (χ2v) is 4.07. The Balaban J connectivity index is 1.83. The molecule has 5 nitrogen and oxygen atoms in total. The van der Waals surface area contributed by atoms with Gasteiger partial charge < -0.3 is 10.2 Å². The van der Waals surface area contributed by atoms with Gasteiger partial charge in [-0.1, -0.05) is 42.5 Å². The van der Waals surface area contributed by atoms with Crippen molar-refractivity contribution in [3.63, 3.8) is 0 Å². The van der Waals surface area contributed by atoms with Gasteiger partial charge >= 0.3 is 0 Å². The van der Waals surface area contributed by atoms with Gasteiger partial charge in [-0.15, -0.1) is 5.10 Å². The number of hydrogen-bond donors (Lipinski definition) is 2. The zero-order valence-corrected chi connectivity index (χ0v) is 10.6. The SMILES string of the molecule is CN(C)c1n[nH]c(NC/C=C/c2ccccc2)n1. The Morgan fingerprint density at radius 2 is 2.06 bits per heavy atom. The normalized spacial score (nSPS) is 10.8. The van der Waals surface area contributed by atoms with Gasteiger partial charge in [0.25, 0.3) is 0 Å². The van der Waals surface area contributed by atoms with Crippen LogP contribution < -0.4 is 10.2 Å². The second kappa shape index (κ2) is 5.86. The maximum absolute atomic E-state index is 4.27. The molecule has 0 unspecified atom stereocenters. The molecule has 2 aromatic rings. The van der Waals surface area contributed by atoms with Crippen LogP contribution in [0.5, 0.6) is 0 Å². The molecule has 94 valence electrons. The fourth-order valence-electron chi connectivity index (χ4n) is 1.45. The standard InChI is InChI=1S/C13H17N5/c1-18(2)13-15-12(16-17-13)14-10-6-9-11-7-4-3-5-8-11/h3-9H,10H2,1-2H3,(H2,14,15,16,17)/b9-6+. The summed E-state index contributed by atoms with van der Waals surface area (Å²) in [6, 6.07) is 10.2. The van der Waals surface area contributed by atoms with Crippen LogP contribution >= 0.6 is 0 Å². The first-order valence-electron chi connectivity index (χ1n) is 5.81. The number of hydrogen-bond acceptors (Lipinski definition) is 4. The van der Waals surface area contributed by atoms with Crippen molar-refractivity contribution in [2.24, 2.45) is 0 Å². The Bertz CT molecular complexity index is 501. The first-order valence-corrected chi connectivity index (χ1v) is 5.81. The number of aromatic amines is 1. The summed E-state index contributed by atoms with van der Waals surface area (Å²) in [7, 11) is 3.81. The van der Waals surface area contributed by atoms with Gasteiger partial charge in [-0.05, 0) is 5.56 Å². The number of anilines is 2. The number of nitrogens with zero attached hydrogens (tertiary/aromatic N) is 3. The van der Waals surface area contributed by atoms with Crippen molar-refractivity contribution in [1.29, 1.82) is 0 Å². The van der Waals surface area contributed by atoms with Crippen LogP contribution in [-0.2, 0) is 0 Å². The van der Waals surface area contributed by atoms with E-state index in [1.807, 2.05) is 43.3 Å². The topological polar surface area (TPSA) is 56.8 Å². The molecule has 0 bridgehead atoms. The van der Waals surface area contributed by atoms with Gasteiger partial charge in [0.05, 0.1) is 0 Å². The highest BCUT2D eigenvalue weighted by Crippen LogP contribution is 2.05. The largest absolute Gasteiger partial charge is 0.351 e. The minimum absolute atomic E-state index is 0.671. The van der Waals surface area contributed by atoms with Gasteiger partial charge in [-0.3, -0.25) is 0 Å². The Morgan fingerprint density at radius 1 is 1.28 bits per heavy atom. The zero-order chi connectivity index (χ0) is 12.8.